The number of hydrogen-bond donors (Lipinski definition) is 0. The van der Waals surface area contributed by atoms with Crippen molar-refractivity contribution in [2.24, 2.45) is 5.92 Å². The van der Waals surface area contributed by atoms with E-state index in [0.29, 0.717) is 18.4 Å². The molecule has 0 atom stereocenters. The summed E-state index contributed by atoms with van der Waals surface area (Å²) < 4.78 is 5.84. The van der Waals surface area contributed by atoms with Gasteiger partial charge >= 0.3 is 0 Å². The molecule has 0 unspecified atom stereocenters. The van der Waals surface area contributed by atoms with Crippen molar-refractivity contribution in [1.82, 2.24) is 4.90 Å². The van der Waals surface area contributed by atoms with Gasteiger partial charge in [0.2, 0.25) is 5.91 Å². The van der Waals surface area contributed by atoms with Gasteiger partial charge in [0.1, 0.15) is 12.4 Å². The zero-order chi connectivity index (χ0) is 17.1. The molecule has 0 aromatic heterocycles. The Bertz CT molecular complexity index is 702. The molecule has 0 radical (unpaired) electrons. The lowest BCUT2D eigenvalue weighted by Crippen LogP contribution is -2.49. The smallest absolute Gasteiger partial charge is 0.225 e. The molecule has 2 aromatic rings. The molecule has 1 amide bonds. The number of hydrogen-bond acceptors (Lipinski definition) is 3. The van der Waals surface area contributed by atoms with Crippen LogP contribution in [0.4, 0.5) is 5.69 Å². The summed E-state index contributed by atoms with van der Waals surface area (Å²) in [5, 5.41) is 0. The van der Waals surface area contributed by atoms with Crippen LogP contribution < -0.4 is 9.64 Å². The monoisotopic (exact) mass is 336 g/mol. The van der Waals surface area contributed by atoms with Crippen LogP contribution in [0.1, 0.15) is 18.4 Å². The largest absolute Gasteiger partial charge is 0.489 e. The van der Waals surface area contributed by atoms with E-state index in [0.717, 1.165) is 44.8 Å². The van der Waals surface area contributed by atoms with Gasteiger partial charge in [-0.05, 0) is 42.7 Å². The number of nitrogens with zero attached hydrogens (tertiary/aromatic N) is 2. The van der Waals surface area contributed by atoms with Crippen LogP contribution in [0.15, 0.2) is 54.6 Å². The molecule has 2 aliphatic rings. The van der Waals surface area contributed by atoms with Gasteiger partial charge < -0.3 is 14.5 Å². The van der Waals surface area contributed by atoms with E-state index < -0.39 is 0 Å². The zero-order valence-corrected chi connectivity index (χ0v) is 14.4. The topological polar surface area (TPSA) is 32.8 Å². The zero-order valence-electron chi connectivity index (χ0n) is 14.4. The van der Waals surface area contributed by atoms with E-state index in [-0.39, 0.29) is 0 Å². The first-order chi connectivity index (χ1) is 12.3. The molecule has 1 aliphatic carbocycles. The van der Waals surface area contributed by atoms with Crippen LogP contribution in [0.5, 0.6) is 5.75 Å². The van der Waals surface area contributed by atoms with E-state index in [1.807, 2.05) is 35.2 Å². The second-order valence-corrected chi connectivity index (χ2v) is 6.85. The number of piperazine rings is 1. The van der Waals surface area contributed by atoms with Gasteiger partial charge in [-0.2, -0.15) is 0 Å². The molecule has 4 rings (SSSR count). The summed E-state index contributed by atoms with van der Waals surface area (Å²) in [5.74, 6) is 1.58. The number of amides is 1. The summed E-state index contributed by atoms with van der Waals surface area (Å²) in [5.41, 5.74) is 2.37. The standard InChI is InChI=1S/C21H24N2O2/c24-21(18-6-7-18)23-14-12-22(13-15-23)19-8-10-20(11-9-19)25-16-17-4-2-1-3-5-17/h1-5,8-11,18H,6-7,12-16H2. The minimum absolute atomic E-state index is 0.326. The summed E-state index contributed by atoms with van der Waals surface area (Å²) in [7, 11) is 0. The molecule has 0 N–H and O–H groups in total. The lowest BCUT2D eigenvalue weighted by atomic mass is 10.2. The van der Waals surface area contributed by atoms with Crippen LogP contribution in [-0.2, 0) is 11.4 Å². The van der Waals surface area contributed by atoms with E-state index in [4.69, 9.17) is 4.74 Å². The number of ether oxygens (including phenoxy) is 1. The highest BCUT2D eigenvalue weighted by Crippen LogP contribution is 2.31. The highest BCUT2D eigenvalue weighted by Gasteiger charge is 2.34. The van der Waals surface area contributed by atoms with Gasteiger partial charge in [0.15, 0.2) is 0 Å². The van der Waals surface area contributed by atoms with Crippen molar-refractivity contribution >= 4 is 11.6 Å². The molecule has 25 heavy (non-hydrogen) atoms. The SMILES string of the molecule is O=C(C1CC1)N1CCN(c2ccc(OCc3ccccc3)cc2)CC1. The highest BCUT2D eigenvalue weighted by atomic mass is 16.5. The third-order valence-corrected chi connectivity index (χ3v) is 4.97. The van der Waals surface area contributed by atoms with Crippen LogP contribution in [-0.4, -0.2) is 37.0 Å². The van der Waals surface area contributed by atoms with Crippen molar-refractivity contribution in [2.75, 3.05) is 31.1 Å². The molecule has 1 saturated carbocycles. The molecular formula is C21H24N2O2. The van der Waals surface area contributed by atoms with Crippen LogP contribution in [0, 0.1) is 5.92 Å². The fourth-order valence-electron chi connectivity index (χ4n) is 3.27. The second-order valence-electron chi connectivity index (χ2n) is 6.85. The van der Waals surface area contributed by atoms with Crippen LogP contribution >= 0.6 is 0 Å². The summed E-state index contributed by atoms with van der Waals surface area (Å²) in [6, 6.07) is 18.5. The first-order valence-electron chi connectivity index (χ1n) is 9.10. The Labute approximate surface area is 149 Å². The number of carbonyl (C=O) groups is 1. The highest BCUT2D eigenvalue weighted by molar-refractivity contribution is 5.81. The Morgan fingerprint density at radius 2 is 1.60 bits per heavy atom. The van der Waals surface area contributed by atoms with E-state index in [9.17, 15) is 4.79 Å². The molecule has 130 valence electrons. The van der Waals surface area contributed by atoms with Gasteiger partial charge in [0, 0.05) is 37.8 Å². The fourth-order valence-corrected chi connectivity index (χ4v) is 3.27. The molecule has 0 spiro atoms. The molecule has 2 fully saturated rings. The van der Waals surface area contributed by atoms with Crippen LogP contribution in [0.3, 0.4) is 0 Å². The molecule has 1 saturated heterocycles. The van der Waals surface area contributed by atoms with E-state index >= 15 is 0 Å². The van der Waals surface area contributed by atoms with Crippen molar-refractivity contribution in [1.29, 1.82) is 0 Å². The maximum atomic E-state index is 12.1. The minimum atomic E-state index is 0.326. The Morgan fingerprint density at radius 1 is 0.920 bits per heavy atom. The van der Waals surface area contributed by atoms with Crippen LogP contribution in [0.25, 0.3) is 0 Å². The first kappa shape index (κ1) is 16.0. The van der Waals surface area contributed by atoms with Gasteiger partial charge in [-0.25, -0.2) is 0 Å². The van der Waals surface area contributed by atoms with Crippen molar-refractivity contribution in [3.8, 4) is 5.75 Å². The maximum absolute atomic E-state index is 12.1. The van der Waals surface area contributed by atoms with E-state index in [2.05, 4.69) is 29.2 Å². The average molecular weight is 336 g/mol. The molecule has 4 nitrogen and oxygen atoms in total. The average Bonchev–Trinajstić information content (AvgIpc) is 3.53. The van der Waals surface area contributed by atoms with E-state index in [1.54, 1.807) is 0 Å². The third kappa shape index (κ3) is 3.95. The normalized spacial score (nSPS) is 17.4. The minimum Gasteiger partial charge on any atom is -0.489 e. The Kier molecular flexibility index (Phi) is 4.59. The van der Waals surface area contributed by atoms with Gasteiger partial charge in [0.25, 0.3) is 0 Å². The Morgan fingerprint density at radius 3 is 2.24 bits per heavy atom. The lowest BCUT2D eigenvalue weighted by Gasteiger charge is -2.36. The van der Waals surface area contributed by atoms with Gasteiger partial charge in [0.05, 0.1) is 0 Å². The molecular weight excluding hydrogens is 312 g/mol. The lowest BCUT2D eigenvalue weighted by molar-refractivity contribution is -0.132. The summed E-state index contributed by atoms with van der Waals surface area (Å²) in [6.07, 6.45) is 2.17. The number of benzene rings is 2. The van der Waals surface area contributed by atoms with Gasteiger partial charge in [-0.3, -0.25) is 4.79 Å². The number of anilines is 1. The van der Waals surface area contributed by atoms with Crippen LogP contribution in [0.2, 0.25) is 0 Å². The predicted molar refractivity (Wildman–Crippen MR) is 98.7 cm³/mol. The molecule has 1 aliphatic heterocycles. The summed E-state index contributed by atoms with van der Waals surface area (Å²) >= 11 is 0. The number of carbonyl (C=O) groups excluding carboxylic acids is 1. The number of rotatable bonds is 5. The molecule has 0 bridgehead atoms. The van der Waals surface area contributed by atoms with Gasteiger partial charge in [-0.15, -0.1) is 0 Å². The Hall–Kier alpha value is -2.49. The summed E-state index contributed by atoms with van der Waals surface area (Å²) in [4.78, 5) is 16.5. The molecule has 2 aromatic carbocycles. The van der Waals surface area contributed by atoms with Crippen molar-refractivity contribution < 1.29 is 9.53 Å². The molecule has 4 heteroatoms. The third-order valence-electron chi connectivity index (χ3n) is 4.97. The predicted octanol–water partition coefficient (Wildman–Crippen LogP) is 3.32. The maximum Gasteiger partial charge on any atom is 0.225 e. The quantitative estimate of drug-likeness (QED) is 0.840. The first-order valence-corrected chi connectivity index (χ1v) is 9.10. The molecule has 1 heterocycles. The van der Waals surface area contributed by atoms with Crippen molar-refractivity contribution in [2.45, 2.75) is 19.4 Å². The fraction of sp³-hybridized carbons (Fsp3) is 0.381. The van der Waals surface area contributed by atoms with E-state index in [1.165, 1.54) is 11.3 Å². The van der Waals surface area contributed by atoms with Crippen molar-refractivity contribution in [3.05, 3.63) is 60.2 Å². The Balaban J connectivity index is 1.29. The summed E-state index contributed by atoms with van der Waals surface area (Å²) in [6.45, 7) is 4.07. The van der Waals surface area contributed by atoms with Gasteiger partial charge in [-0.1, -0.05) is 30.3 Å². The second kappa shape index (κ2) is 7.18. The van der Waals surface area contributed by atoms with Crippen molar-refractivity contribution in [3.63, 3.8) is 0 Å².